The molecule has 11 rings (SSSR count). The lowest BCUT2D eigenvalue weighted by Crippen LogP contribution is -2.37. The van der Waals surface area contributed by atoms with Crippen LogP contribution in [0.3, 0.4) is 0 Å². The van der Waals surface area contributed by atoms with Crippen molar-refractivity contribution in [3.63, 3.8) is 0 Å². The second-order valence-electron chi connectivity index (χ2n) is 15.2. The second kappa shape index (κ2) is 13.1. The standard InChI is InChI=1S/C55H38O/c1-3-15-37(16-4-1)35-55(53-43-21-9-7-17-39(43)31-33-49(53)56-50-34-32-40-18-8-10-22-44(40)54(50)55)36-38-27-29-42(30-28-38)52-48-26-14-12-24-46(48)45-23-11-13-25-47(45)51(52)41-19-5-2-6-20-41/h1-34H,35-36H2. The lowest BCUT2D eigenvalue weighted by atomic mass is 9.63. The van der Waals surface area contributed by atoms with E-state index in [4.69, 9.17) is 4.74 Å². The fourth-order valence-corrected chi connectivity index (χ4v) is 9.75. The van der Waals surface area contributed by atoms with Gasteiger partial charge in [-0.15, -0.1) is 0 Å². The highest BCUT2D eigenvalue weighted by Gasteiger charge is 2.45. The summed E-state index contributed by atoms with van der Waals surface area (Å²) in [6.45, 7) is 0. The molecule has 0 bridgehead atoms. The molecule has 0 saturated carbocycles. The molecule has 10 aromatic rings. The first-order valence-corrected chi connectivity index (χ1v) is 19.6. The van der Waals surface area contributed by atoms with E-state index in [1.807, 2.05) is 0 Å². The second-order valence-corrected chi connectivity index (χ2v) is 15.2. The fourth-order valence-electron chi connectivity index (χ4n) is 9.75. The van der Waals surface area contributed by atoms with Crippen LogP contribution in [-0.2, 0) is 18.3 Å². The van der Waals surface area contributed by atoms with Crippen LogP contribution in [0.15, 0.2) is 206 Å². The highest BCUT2D eigenvalue weighted by atomic mass is 16.5. The zero-order chi connectivity index (χ0) is 37.1. The lowest BCUT2D eigenvalue weighted by Gasteiger charge is -2.42. The molecule has 1 heterocycles. The molecule has 264 valence electrons. The highest BCUT2D eigenvalue weighted by Crippen LogP contribution is 2.56. The summed E-state index contributed by atoms with van der Waals surface area (Å²) in [6.07, 6.45) is 1.63. The molecule has 1 heteroatoms. The zero-order valence-corrected chi connectivity index (χ0v) is 31.0. The minimum Gasteiger partial charge on any atom is -0.457 e. The van der Waals surface area contributed by atoms with E-state index in [9.17, 15) is 0 Å². The van der Waals surface area contributed by atoms with Crippen molar-refractivity contribution in [3.8, 4) is 33.8 Å². The Kier molecular flexibility index (Phi) is 7.60. The van der Waals surface area contributed by atoms with Crippen molar-refractivity contribution >= 4 is 43.1 Å². The third kappa shape index (κ3) is 5.16. The van der Waals surface area contributed by atoms with E-state index in [2.05, 4.69) is 206 Å². The quantitative estimate of drug-likeness (QED) is 0.156. The lowest BCUT2D eigenvalue weighted by molar-refractivity contribution is 0.391. The summed E-state index contributed by atoms with van der Waals surface area (Å²) in [5, 5.41) is 10.0. The molecule has 0 fully saturated rings. The Morgan fingerprint density at radius 1 is 0.304 bits per heavy atom. The van der Waals surface area contributed by atoms with E-state index in [1.54, 1.807) is 0 Å². The van der Waals surface area contributed by atoms with Crippen molar-refractivity contribution in [3.05, 3.63) is 229 Å². The van der Waals surface area contributed by atoms with Gasteiger partial charge in [0.05, 0.1) is 0 Å². The molecular formula is C55H38O. The number of hydrogen-bond acceptors (Lipinski definition) is 1. The van der Waals surface area contributed by atoms with Gasteiger partial charge < -0.3 is 4.74 Å². The molecule has 0 radical (unpaired) electrons. The smallest absolute Gasteiger partial charge is 0.132 e. The number of fused-ring (bicyclic) bond motifs is 9. The van der Waals surface area contributed by atoms with Crippen LogP contribution in [0.1, 0.15) is 22.3 Å². The Morgan fingerprint density at radius 2 is 0.696 bits per heavy atom. The van der Waals surface area contributed by atoms with Gasteiger partial charge in [-0.1, -0.05) is 194 Å². The van der Waals surface area contributed by atoms with Gasteiger partial charge in [0.25, 0.3) is 0 Å². The van der Waals surface area contributed by atoms with Crippen molar-refractivity contribution in [1.82, 2.24) is 0 Å². The van der Waals surface area contributed by atoms with Crippen LogP contribution in [0.2, 0.25) is 0 Å². The van der Waals surface area contributed by atoms with Gasteiger partial charge in [0.15, 0.2) is 0 Å². The van der Waals surface area contributed by atoms with E-state index in [0.717, 1.165) is 24.3 Å². The maximum Gasteiger partial charge on any atom is 0.132 e. The maximum atomic E-state index is 6.93. The van der Waals surface area contributed by atoms with Crippen LogP contribution in [-0.4, -0.2) is 0 Å². The molecule has 1 aliphatic rings. The predicted molar refractivity (Wildman–Crippen MR) is 235 cm³/mol. The van der Waals surface area contributed by atoms with Crippen molar-refractivity contribution in [2.75, 3.05) is 0 Å². The molecule has 56 heavy (non-hydrogen) atoms. The summed E-state index contributed by atoms with van der Waals surface area (Å²) in [7, 11) is 0. The summed E-state index contributed by atoms with van der Waals surface area (Å²) >= 11 is 0. The maximum absolute atomic E-state index is 6.93. The molecule has 0 amide bonds. The van der Waals surface area contributed by atoms with Gasteiger partial charge in [0.2, 0.25) is 0 Å². The average Bonchev–Trinajstić information content (AvgIpc) is 3.26. The Labute approximate surface area is 327 Å². The summed E-state index contributed by atoms with van der Waals surface area (Å²) in [5.41, 5.74) is 9.68. The molecule has 0 N–H and O–H groups in total. The molecule has 1 nitrogen and oxygen atoms in total. The summed E-state index contributed by atoms with van der Waals surface area (Å²) in [6, 6.07) is 75.6. The Hall–Kier alpha value is -6.96. The summed E-state index contributed by atoms with van der Waals surface area (Å²) in [4.78, 5) is 0. The van der Waals surface area contributed by atoms with Gasteiger partial charge in [-0.2, -0.15) is 0 Å². The number of rotatable bonds is 6. The first-order valence-electron chi connectivity index (χ1n) is 19.6. The number of benzene rings is 10. The van der Waals surface area contributed by atoms with E-state index in [-0.39, 0.29) is 0 Å². The molecule has 0 unspecified atom stereocenters. The summed E-state index contributed by atoms with van der Waals surface area (Å²) in [5.74, 6) is 1.88. The number of ether oxygens (including phenoxy) is 1. The van der Waals surface area contributed by atoms with E-state index < -0.39 is 5.41 Å². The van der Waals surface area contributed by atoms with Crippen LogP contribution in [0.25, 0.3) is 65.3 Å². The largest absolute Gasteiger partial charge is 0.457 e. The normalized spacial score (nSPS) is 13.1. The van der Waals surface area contributed by atoms with Gasteiger partial charge in [0.1, 0.15) is 11.5 Å². The van der Waals surface area contributed by atoms with Gasteiger partial charge in [-0.3, -0.25) is 0 Å². The van der Waals surface area contributed by atoms with Gasteiger partial charge >= 0.3 is 0 Å². The molecule has 0 aromatic heterocycles. The van der Waals surface area contributed by atoms with Crippen LogP contribution < -0.4 is 4.74 Å². The predicted octanol–water partition coefficient (Wildman–Crippen LogP) is 14.5. The minimum atomic E-state index is -0.432. The molecule has 0 atom stereocenters. The zero-order valence-electron chi connectivity index (χ0n) is 31.0. The SMILES string of the molecule is c1ccc(CC2(Cc3ccc(-c4c(-c5ccccc5)c5ccccc5c5ccccc45)cc3)c3c(ccc4ccccc34)Oc3ccc4ccccc4c32)cc1. The summed E-state index contributed by atoms with van der Waals surface area (Å²) < 4.78 is 6.93. The third-order valence-corrected chi connectivity index (χ3v) is 12.1. The van der Waals surface area contributed by atoms with Crippen LogP contribution in [0.4, 0.5) is 0 Å². The fraction of sp³-hybridized carbons (Fsp3) is 0.0545. The Bertz CT molecular complexity index is 3000. The van der Waals surface area contributed by atoms with Crippen molar-refractivity contribution in [2.45, 2.75) is 18.3 Å². The van der Waals surface area contributed by atoms with Crippen LogP contribution >= 0.6 is 0 Å². The monoisotopic (exact) mass is 714 g/mol. The Morgan fingerprint density at radius 3 is 1.21 bits per heavy atom. The van der Waals surface area contributed by atoms with Gasteiger partial charge in [-0.25, -0.2) is 0 Å². The van der Waals surface area contributed by atoms with Crippen LogP contribution in [0.5, 0.6) is 11.5 Å². The molecular weight excluding hydrogens is 677 g/mol. The molecule has 0 saturated heterocycles. The third-order valence-electron chi connectivity index (χ3n) is 12.1. The van der Waals surface area contributed by atoms with Crippen LogP contribution in [0, 0.1) is 0 Å². The minimum absolute atomic E-state index is 0.432. The molecule has 1 aliphatic heterocycles. The first-order chi connectivity index (χ1) is 27.7. The van der Waals surface area contributed by atoms with Crippen molar-refractivity contribution in [2.24, 2.45) is 0 Å². The Balaban J connectivity index is 1.16. The van der Waals surface area contributed by atoms with Crippen molar-refractivity contribution < 1.29 is 4.74 Å². The van der Waals surface area contributed by atoms with E-state index in [0.29, 0.717) is 0 Å². The van der Waals surface area contributed by atoms with Crippen molar-refractivity contribution in [1.29, 1.82) is 0 Å². The topological polar surface area (TPSA) is 9.23 Å². The number of hydrogen-bond donors (Lipinski definition) is 0. The van der Waals surface area contributed by atoms with E-state index >= 15 is 0 Å². The average molecular weight is 715 g/mol. The molecule has 0 spiro atoms. The van der Waals surface area contributed by atoms with Gasteiger partial charge in [-0.05, 0) is 101 Å². The molecule has 10 aromatic carbocycles. The highest BCUT2D eigenvalue weighted by molar-refractivity contribution is 6.21. The van der Waals surface area contributed by atoms with E-state index in [1.165, 1.54) is 87.6 Å². The van der Waals surface area contributed by atoms with Gasteiger partial charge in [0, 0.05) is 16.5 Å². The first kappa shape index (κ1) is 32.5. The molecule has 0 aliphatic carbocycles.